The number of carbonyl (C=O) groups excluding carboxylic acids is 2. The Hall–Kier alpha value is -1.22. The molecule has 1 N–H and O–H groups in total. The van der Waals surface area contributed by atoms with Crippen molar-refractivity contribution < 1.29 is 29.1 Å². The fraction of sp³-hybridized carbons (Fsp3) is 0.944. The topological polar surface area (TPSA) is 88.5 Å². The van der Waals surface area contributed by atoms with Gasteiger partial charge in [0.25, 0.3) is 0 Å². The summed E-state index contributed by atoms with van der Waals surface area (Å²) >= 11 is 0. The van der Waals surface area contributed by atoms with E-state index in [0.29, 0.717) is 25.7 Å². The van der Waals surface area contributed by atoms with Gasteiger partial charge in [-0.3, -0.25) is 14.4 Å². The molecule has 0 spiro atoms. The minimum absolute atomic E-state index is 0.0884. The van der Waals surface area contributed by atoms with Gasteiger partial charge in [-0.05, 0) is 74.7 Å². The molecule has 0 aromatic carbocycles. The monoisotopic (exact) mass is 625 g/mol. The lowest BCUT2D eigenvalue weighted by Gasteiger charge is -2.53. The molecule has 2 heterocycles. The molecule has 0 aliphatic carbocycles. The van der Waals surface area contributed by atoms with Gasteiger partial charge in [0.05, 0.1) is 6.61 Å². The van der Waals surface area contributed by atoms with Crippen LogP contribution in [0.1, 0.15) is 178 Å². The van der Waals surface area contributed by atoms with E-state index in [1.165, 1.54) is 37.2 Å². The van der Waals surface area contributed by atoms with Crippen LogP contribution in [-0.2, 0) is 23.9 Å². The van der Waals surface area contributed by atoms with E-state index in [1.807, 2.05) is 27.7 Å². The lowest BCUT2D eigenvalue weighted by molar-refractivity contribution is -0.293. The Morgan fingerprint density at radius 3 is 1.39 bits per heavy atom. The van der Waals surface area contributed by atoms with E-state index in [-0.39, 0.29) is 35.2 Å². The highest BCUT2D eigenvalue weighted by Crippen LogP contribution is 2.40. The maximum atomic E-state index is 12.7. The number of unbranched alkanes of at least 4 members (excludes halogenated alkanes) is 10. The van der Waals surface area contributed by atoms with Gasteiger partial charge in [0.2, 0.25) is 0 Å². The van der Waals surface area contributed by atoms with Crippen LogP contribution >= 0.6 is 0 Å². The number of esters is 2. The minimum Gasteiger partial charge on any atom is -0.462 e. The summed E-state index contributed by atoms with van der Waals surface area (Å²) in [6.45, 7) is 19.7. The van der Waals surface area contributed by atoms with Gasteiger partial charge in [-0.15, -0.1) is 0 Å². The number of piperidine rings is 2. The molecular weight excluding hydrogens is 556 g/mol. The van der Waals surface area contributed by atoms with Gasteiger partial charge in [0.15, 0.2) is 0 Å². The van der Waals surface area contributed by atoms with E-state index < -0.39 is 11.1 Å². The summed E-state index contributed by atoms with van der Waals surface area (Å²) < 4.78 is 11.7. The van der Waals surface area contributed by atoms with Crippen LogP contribution in [0.4, 0.5) is 0 Å². The number of hydroxylamine groups is 4. The normalized spacial score (nSPS) is 22.1. The van der Waals surface area contributed by atoms with Gasteiger partial charge >= 0.3 is 11.9 Å². The summed E-state index contributed by atoms with van der Waals surface area (Å²) in [5.74, 6) is -0.235. The first kappa shape index (κ1) is 39.0. The number of rotatable bonds is 19. The molecule has 2 fully saturated rings. The zero-order valence-electron chi connectivity index (χ0n) is 30.0. The van der Waals surface area contributed by atoms with Gasteiger partial charge in [-0.2, -0.15) is 10.1 Å². The Bertz CT molecular complexity index is 835. The second-order valence-electron chi connectivity index (χ2n) is 16.1. The molecule has 8 nitrogen and oxygen atoms in total. The molecule has 0 aromatic rings. The minimum atomic E-state index is -0.425. The van der Waals surface area contributed by atoms with E-state index in [1.54, 1.807) is 0 Å². The first-order valence-corrected chi connectivity index (χ1v) is 17.8. The largest absolute Gasteiger partial charge is 0.462 e. The van der Waals surface area contributed by atoms with Crippen molar-refractivity contribution in [3.63, 3.8) is 0 Å². The lowest BCUT2D eigenvalue weighted by Crippen LogP contribution is -2.62. The molecule has 0 aromatic heterocycles. The Balaban J connectivity index is 1.57. The molecule has 8 heteroatoms. The summed E-state index contributed by atoms with van der Waals surface area (Å²) in [5, 5.41) is 14.0. The summed E-state index contributed by atoms with van der Waals surface area (Å²) in [7, 11) is 0. The second kappa shape index (κ2) is 17.6. The van der Waals surface area contributed by atoms with Gasteiger partial charge in [-0.1, -0.05) is 64.7 Å². The van der Waals surface area contributed by atoms with Crippen molar-refractivity contribution in [3.8, 4) is 0 Å². The molecule has 2 saturated heterocycles. The Morgan fingerprint density at radius 1 is 0.591 bits per heavy atom. The first-order valence-electron chi connectivity index (χ1n) is 17.8. The van der Waals surface area contributed by atoms with Crippen molar-refractivity contribution >= 4 is 11.9 Å². The predicted octanol–water partition coefficient (Wildman–Crippen LogP) is 8.92. The predicted molar refractivity (Wildman–Crippen MR) is 176 cm³/mol. The summed E-state index contributed by atoms with van der Waals surface area (Å²) in [4.78, 5) is 31.4. The highest BCUT2D eigenvalue weighted by molar-refractivity contribution is 5.69. The number of nitrogens with zero attached hydrogens (tertiary/aromatic N) is 2. The van der Waals surface area contributed by atoms with Crippen LogP contribution in [0.3, 0.4) is 0 Å². The number of carbonyl (C=O) groups is 2. The van der Waals surface area contributed by atoms with Crippen molar-refractivity contribution in [2.24, 2.45) is 0 Å². The molecular formula is C36H68N2O6. The third kappa shape index (κ3) is 12.9. The molecule has 258 valence electrons. The molecule has 2 aliphatic rings. The van der Waals surface area contributed by atoms with Crippen LogP contribution in [0.15, 0.2) is 0 Å². The van der Waals surface area contributed by atoms with E-state index in [9.17, 15) is 14.8 Å². The third-order valence-electron chi connectivity index (χ3n) is 9.48. The summed E-state index contributed by atoms with van der Waals surface area (Å²) in [6.07, 6.45) is 16.7. The highest BCUT2D eigenvalue weighted by Gasteiger charge is 2.48. The highest BCUT2D eigenvalue weighted by atomic mass is 16.7. The molecule has 2 aliphatic heterocycles. The Kier molecular flexibility index (Phi) is 15.6. The zero-order chi connectivity index (χ0) is 33.0. The number of hydrogen-bond donors (Lipinski definition) is 1. The molecule has 44 heavy (non-hydrogen) atoms. The standard InChI is InChI=1S/C36H68N2O6/c1-10-11-12-13-18-21-24-42-38-35(6,7)27-30(28-36(38,8)9)44-32(40)23-20-17-15-14-16-19-22-31(39)43-29-25-33(2,3)37(41)34(4,5)26-29/h29-30,41H,10-28H2,1-9H3. The van der Waals surface area contributed by atoms with Crippen molar-refractivity contribution in [2.75, 3.05) is 6.61 Å². The Morgan fingerprint density at radius 2 is 0.955 bits per heavy atom. The van der Waals surface area contributed by atoms with Crippen LogP contribution in [-0.4, -0.2) is 68.2 Å². The van der Waals surface area contributed by atoms with Crippen molar-refractivity contribution in [2.45, 2.75) is 212 Å². The fourth-order valence-corrected chi connectivity index (χ4v) is 7.64. The maximum Gasteiger partial charge on any atom is 0.306 e. The van der Waals surface area contributed by atoms with E-state index >= 15 is 0 Å². The van der Waals surface area contributed by atoms with E-state index in [2.05, 4.69) is 39.7 Å². The molecule has 0 radical (unpaired) electrons. The number of hydrogen-bond acceptors (Lipinski definition) is 8. The van der Waals surface area contributed by atoms with Gasteiger partial charge in [0.1, 0.15) is 12.2 Å². The van der Waals surface area contributed by atoms with Gasteiger partial charge in [-0.25, -0.2) is 0 Å². The summed E-state index contributed by atoms with van der Waals surface area (Å²) in [6, 6.07) is 0. The van der Waals surface area contributed by atoms with Gasteiger partial charge in [0, 0.05) is 60.7 Å². The van der Waals surface area contributed by atoms with Crippen LogP contribution < -0.4 is 0 Å². The molecule has 0 atom stereocenters. The number of ether oxygens (including phenoxy) is 2. The van der Waals surface area contributed by atoms with E-state index in [0.717, 1.165) is 64.4 Å². The second-order valence-corrected chi connectivity index (χ2v) is 16.1. The quantitative estimate of drug-likeness (QED) is 0.113. The van der Waals surface area contributed by atoms with Crippen LogP contribution in [0.25, 0.3) is 0 Å². The maximum absolute atomic E-state index is 12.7. The smallest absolute Gasteiger partial charge is 0.306 e. The average Bonchev–Trinajstić information content (AvgIpc) is 2.88. The molecule has 0 amide bonds. The van der Waals surface area contributed by atoms with Crippen molar-refractivity contribution in [1.29, 1.82) is 0 Å². The van der Waals surface area contributed by atoms with Crippen LogP contribution in [0, 0.1) is 0 Å². The fourth-order valence-electron chi connectivity index (χ4n) is 7.64. The van der Waals surface area contributed by atoms with Crippen LogP contribution in [0.2, 0.25) is 0 Å². The molecule has 0 bridgehead atoms. The van der Waals surface area contributed by atoms with Crippen LogP contribution in [0.5, 0.6) is 0 Å². The molecule has 0 unspecified atom stereocenters. The lowest BCUT2D eigenvalue weighted by atomic mass is 9.80. The van der Waals surface area contributed by atoms with Gasteiger partial charge < -0.3 is 14.7 Å². The average molecular weight is 625 g/mol. The first-order chi connectivity index (χ1) is 20.5. The summed E-state index contributed by atoms with van der Waals surface area (Å²) in [5.41, 5.74) is -1.26. The zero-order valence-corrected chi connectivity index (χ0v) is 30.0. The van der Waals surface area contributed by atoms with Crippen molar-refractivity contribution in [1.82, 2.24) is 10.1 Å². The Labute approximate surface area is 269 Å². The SMILES string of the molecule is CCCCCCCCON1C(C)(C)CC(OC(=O)CCCCCCCCC(=O)OC2CC(C)(C)N(O)C(C)(C)C2)CC1(C)C. The molecule has 2 rings (SSSR count). The van der Waals surface area contributed by atoms with E-state index in [4.69, 9.17) is 14.3 Å². The molecule has 0 saturated carbocycles. The third-order valence-corrected chi connectivity index (χ3v) is 9.48. The van der Waals surface area contributed by atoms with Crippen molar-refractivity contribution in [3.05, 3.63) is 0 Å².